The molecule has 1 amide bonds. The molecule has 1 fully saturated rings. The van der Waals surface area contributed by atoms with Crippen LogP contribution in [0.25, 0.3) is 0 Å². The lowest BCUT2D eigenvalue weighted by molar-refractivity contribution is 0.0273. The molecular formula is C23H27NO3. The molecule has 1 N–H and O–H groups in total. The largest absolute Gasteiger partial charge is 0.378 e. The maximum absolute atomic E-state index is 12.7. The Morgan fingerprint density at radius 3 is 2.30 bits per heavy atom. The molecule has 0 unspecified atom stereocenters. The lowest BCUT2D eigenvalue weighted by Crippen LogP contribution is -2.27. The molecule has 1 aliphatic carbocycles. The molecule has 0 radical (unpaired) electrons. The first-order valence-electron chi connectivity index (χ1n) is 9.84. The van der Waals surface area contributed by atoms with Crippen molar-refractivity contribution in [1.82, 2.24) is 5.32 Å². The first-order chi connectivity index (χ1) is 13.3. The molecule has 0 spiro atoms. The number of rotatable bonds is 8. The molecular weight excluding hydrogens is 338 g/mol. The normalized spacial score (nSPS) is 14.7. The van der Waals surface area contributed by atoms with E-state index < -0.39 is 0 Å². The number of amides is 1. The molecule has 2 aromatic carbocycles. The Morgan fingerprint density at radius 2 is 1.56 bits per heavy atom. The summed E-state index contributed by atoms with van der Waals surface area (Å²) in [6, 6.07) is 16.0. The zero-order valence-corrected chi connectivity index (χ0v) is 15.7. The van der Waals surface area contributed by atoms with E-state index in [2.05, 4.69) is 5.32 Å². The van der Waals surface area contributed by atoms with Crippen molar-refractivity contribution in [2.45, 2.75) is 44.6 Å². The molecule has 4 heteroatoms. The van der Waals surface area contributed by atoms with Gasteiger partial charge in [-0.2, -0.15) is 0 Å². The van der Waals surface area contributed by atoms with Gasteiger partial charge >= 0.3 is 0 Å². The molecule has 0 aliphatic heterocycles. The summed E-state index contributed by atoms with van der Waals surface area (Å²) in [5.41, 5.74) is 1.43. The third-order valence-electron chi connectivity index (χ3n) is 4.96. The first-order valence-corrected chi connectivity index (χ1v) is 9.84. The van der Waals surface area contributed by atoms with Crippen LogP contribution in [-0.2, 0) is 4.74 Å². The van der Waals surface area contributed by atoms with E-state index in [1.807, 2.05) is 18.2 Å². The average Bonchev–Trinajstić information content (AvgIpc) is 2.74. The first kappa shape index (κ1) is 19.3. The zero-order valence-electron chi connectivity index (χ0n) is 15.7. The quantitative estimate of drug-likeness (QED) is 0.558. The van der Waals surface area contributed by atoms with Crippen molar-refractivity contribution >= 4 is 11.7 Å². The maximum Gasteiger partial charge on any atom is 0.252 e. The van der Waals surface area contributed by atoms with Gasteiger partial charge in [-0.25, -0.2) is 0 Å². The summed E-state index contributed by atoms with van der Waals surface area (Å²) in [7, 11) is 0. The molecule has 27 heavy (non-hydrogen) atoms. The van der Waals surface area contributed by atoms with Crippen molar-refractivity contribution in [2.75, 3.05) is 13.2 Å². The van der Waals surface area contributed by atoms with Gasteiger partial charge < -0.3 is 10.1 Å². The summed E-state index contributed by atoms with van der Waals surface area (Å²) in [5, 5.41) is 2.91. The Kier molecular flexibility index (Phi) is 7.17. The van der Waals surface area contributed by atoms with E-state index in [9.17, 15) is 9.59 Å². The maximum atomic E-state index is 12.7. The lowest BCUT2D eigenvalue weighted by Gasteiger charge is -2.21. The van der Waals surface area contributed by atoms with Gasteiger partial charge in [-0.15, -0.1) is 0 Å². The SMILES string of the molecule is O=C(NCCCOC1CCCCC1)c1ccccc1C(=O)c1ccccc1. The minimum atomic E-state index is -0.215. The van der Waals surface area contributed by atoms with E-state index in [-0.39, 0.29) is 11.7 Å². The Labute approximate surface area is 160 Å². The van der Waals surface area contributed by atoms with Gasteiger partial charge in [0.05, 0.1) is 11.7 Å². The van der Waals surface area contributed by atoms with E-state index in [0.717, 1.165) is 19.3 Å². The number of hydrogen-bond acceptors (Lipinski definition) is 3. The summed E-state index contributed by atoms with van der Waals surface area (Å²) in [5.74, 6) is -0.352. The van der Waals surface area contributed by atoms with Crippen molar-refractivity contribution in [1.29, 1.82) is 0 Å². The minimum absolute atomic E-state index is 0.137. The van der Waals surface area contributed by atoms with E-state index >= 15 is 0 Å². The van der Waals surface area contributed by atoms with Crippen molar-refractivity contribution in [3.63, 3.8) is 0 Å². The highest BCUT2D eigenvalue weighted by molar-refractivity contribution is 6.15. The van der Waals surface area contributed by atoms with Crippen molar-refractivity contribution in [3.8, 4) is 0 Å². The molecule has 3 rings (SSSR count). The number of benzene rings is 2. The standard InChI is InChI=1S/C23H27NO3/c25-22(18-10-3-1-4-11-18)20-14-7-8-15-21(20)23(26)24-16-9-17-27-19-12-5-2-6-13-19/h1,3-4,7-8,10-11,14-15,19H,2,5-6,9,12-13,16-17H2,(H,24,26). The second-order valence-corrected chi connectivity index (χ2v) is 6.98. The summed E-state index contributed by atoms with van der Waals surface area (Å²) < 4.78 is 5.88. The number of hydrogen-bond donors (Lipinski definition) is 1. The van der Waals surface area contributed by atoms with E-state index in [4.69, 9.17) is 4.74 Å². The van der Waals surface area contributed by atoms with Crippen LogP contribution in [-0.4, -0.2) is 30.9 Å². The van der Waals surface area contributed by atoms with Crippen LogP contribution < -0.4 is 5.32 Å². The Bertz CT molecular complexity index is 751. The summed E-state index contributed by atoms with van der Waals surface area (Å²) in [6.45, 7) is 1.20. The van der Waals surface area contributed by atoms with Gasteiger partial charge in [0.15, 0.2) is 5.78 Å². The van der Waals surface area contributed by atoms with Gasteiger partial charge in [-0.3, -0.25) is 9.59 Å². The fraction of sp³-hybridized carbons (Fsp3) is 0.391. The topological polar surface area (TPSA) is 55.4 Å². The Balaban J connectivity index is 1.52. The summed E-state index contributed by atoms with van der Waals surface area (Å²) >= 11 is 0. The predicted molar refractivity (Wildman–Crippen MR) is 106 cm³/mol. The molecule has 0 aromatic heterocycles. The molecule has 0 bridgehead atoms. The van der Waals surface area contributed by atoms with Crippen LogP contribution in [0.2, 0.25) is 0 Å². The van der Waals surface area contributed by atoms with Gasteiger partial charge in [0.25, 0.3) is 5.91 Å². The molecule has 1 saturated carbocycles. The van der Waals surface area contributed by atoms with Gasteiger partial charge in [0, 0.05) is 24.3 Å². The van der Waals surface area contributed by atoms with Gasteiger partial charge in [0.1, 0.15) is 0 Å². The van der Waals surface area contributed by atoms with E-state index in [0.29, 0.717) is 35.9 Å². The molecule has 0 atom stereocenters. The van der Waals surface area contributed by atoms with Gasteiger partial charge in [-0.05, 0) is 25.3 Å². The number of carbonyl (C=O) groups is 2. The van der Waals surface area contributed by atoms with Crippen LogP contribution in [0, 0.1) is 0 Å². The molecule has 142 valence electrons. The third-order valence-corrected chi connectivity index (χ3v) is 4.96. The molecule has 2 aromatic rings. The van der Waals surface area contributed by atoms with Crippen LogP contribution in [0.4, 0.5) is 0 Å². The van der Waals surface area contributed by atoms with Crippen LogP contribution in [0.5, 0.6) is 0 Å². The third kappa shape index (κ3) is 5.51. The molecule has 0 saturated heterocycles. The monoisotopic (exact) mass is 365 g/mol. The molecule has 1 aliphatic rings. The van der Waals surface area contributed by atoms with Crippen molar-refractivity contribution in [2.24, 2.45) is 0 Å². The highest BCUT2D eigenvalue weighted by Crippen LogP contribution is 2.20. The smallest absolute Gasteiger partial charge is 0.252 e. The minimum Gasteiger partial charge on any atom is -0.378 e. The number of ketones is 1. The fourth-order valence-corrected chi connectivity index (χ4v) is 3.48. The predicted octanol–water partition coefficient (Wildman–Crippen LogP) is 4.39. The average molecular weight is 365 g/mol. The molecule has 4 nitrogen and oxygen atoms in total. The highest BCUT2D eigenvalue weighted by Gasteiger charge is 2.18. The number of ether oxygens (including phenoxy) is 1. The van der Waals surface area contributed by atoms with Crippen molar-refractivity contribution < 1.29 is 14.3 Å². The summed E-state index contributed by atoms with van der Waals surface area (Å²) in [4.78, 5) is 25.3. The zero-order chi connectivity index (χ0) is 18.9. The summed E-state index contributed by atoms with van der Waals surface area (Å²) in [6.07, 6.45) is 7.30. The Hall–Kier alpha value is -2.46. The van der Waals surface area contributed by atoms with Gasteiger partial charge in [-0.1, -0.05) is 67.8 Å². The van der Waals surface area contributed by atoms with Crippen molar-refractivity contribution in [3.05, 3.63) is 71.3 Å². The van der Waals surface area contributed by atoms with Crippen LogP contribution in [0.1, 0.15) is 64.8 Å². The van der Waals surface area contributed by atoms with E-state index in [1.54, 1.807) is 36.4 Å². The van der Waals surface area contributed by atoms with Gasteiger partial charge in [0.2, 0.25) is 0 Å². The highest BCUT2D eigenvalue weighted by atomic mass is 16.5. The Morgan fingerprint density at radius 1 is 0.889 bits per heavy atom. The lowest BCUT2D eigenvalue weighted by atomic mass is 9.98. The molecule has 0 heterocycles. The van der Waals surface area contributed by atoms with E-state index in [1.165, 1.54) is 19.3 Å². The number of carbonyl (C=O) groups excluding carboxylic acids is 2. The van der Waals surface area contributed by atoms with Crippen LogP contribution >= 0.6 is 0 Å². The fourth-order valence-electron chi connectivity index (χ4n) is 3.48. The number of nitrogens with one attached hydrogen (secondary N) is 1. The second kappa shape index (κ2) is 10.0. The van der Waals surface area contributed by atoms with Crippen LogP contribution in [0.3, 0.4) is 0 Å². The second-order valence-electron chi connectivity index (χ2n) is 6.98. The van der Waals surface area contributed by atoms with Crippen LogP contribution in [0.15, 0.2) is 54.6 Å².